The van der Waals surface area contributed by atoms with E-state index in [-0.39, 0.29) is 5.92 Å². The van der Waals surface area contributed by atoms with Gasteiger partial charge in [0.05, 0.1) is 0 Å². The first-order chi connectivity index (χ1) is 5.55. The molecular formula is C9H14N2O. The molecule has 1 aromatic rings. The van der Waals surface area contributed by atoms with Crippen LogP contribution in [0.2, 0.25) is 0 Å². The van der Waals surface area contributed by atoms with E-state index in [0.717, 1.165) is 0 Å². The van der Waals surface area contributed by atoms with Gasteiger partial charge in [-0.1, -0.05) is 13.8 Å². The lowest BCUT2D eigenvalue weighted by molar-refractivity contribution is 0.000359. The Morgan fingerprint density at radius 2 is 1.83 bits per heavy atom. The third-order valence-corrected chi connectivity index (χ3v) is 2.14. The summed E-state index contributed by atoms with van der Waals surface area (Å²) in [6.07, 6.45) is 3.28. The topological polar surface area (TPSA) is 46.0 Å². The predicted molar refractivity (Wildman–Crippen MR) is 46.4 cm³/mol. The van der Waals surface area contributed by atoms with Crippen molar-refractivity contribution in [2.24, 2.45) is 5.92 Å². The molecule has 0 saturated carbocycles. The molecule has 1 heterocycles. The molecule has 0 aromatic carbocycles. The second-order valence-corrected chi connectivity index (χ2v) is 3.37. The van der Waals surface area contributed by atoms with Gasteiger partial charge in [0.2, 0.25) is 0 Å². The highest BCUT2D eigenvalue weighted by atomic mass is 16.3. The molecule has 66 valence electrons. The Labute approximate surface area is 72.5 Å². The van der Waals surface area contributed by atoms with Crippen molar-refractivity contribution in [2.75, 3.05) is 0 Å². The Kier molecular flexibility index (Phi) is 2.43. The normalized spacial score (nSPS) is 16.1. The summed E-state index contributed by atoms with van der Waals surface area (Å²) in [5.74, 6) is 0.597. The molecule has 1 aromatic heterocycles. The van der Waals surface area contributed by atoms with E-state index in [0.29, 0.717) is 5.82 Å². The van der Waals surface area contributed by atoms with Gasteiger partial charge in [0.25, 0.3) is 0 Å². The quantitative estimate of drug-likeness (QED) is 0.721. The smallest absolute Gasteiger partial charge is 0.159 e. The largest absolute Gasteiger partial charge is 0.382 e. The number of rotatable bonds is 2. The molecule has 12 heavy (non-hydrogen) atoms. The van der Waals surface area contributed by atoms with Gasteiger partial charge in [0, 0.05) is 12.4 Å². The molecule has 0 aliphatic heterocycles. The average Bonchev–Trinajstić information content (AvgIpc) is 2.06. The predicted octanol–water partition coefficient (Wildman–Crippen LogP) is 1.34. The summed E-state index contributed by atoms with van der Waals surface area (Å²) in [6.45, 7) is 5.61. The standard InChI is InChI=1S/C9H14N2O/c1-7(2)9(3,12)8-10-5-4-6-11-8/h4-7,12H,1-3H3. The zero-order valence-corrected chi connectivity index (χ0v) is 7.65. The van der Waals surface area contributed by atoms with Crippen molar-refractivity contribution < 1.29 is 5.11 Å². The lowest BCUT2D eigenvalue weighted by Crippen LogP contribution is -2.30. The lowest BCUT2D eigenvalue weighted by Gasteiger charge is -2.25. The third kappa shape index (κ3) is 1.61. The average molecular weight is 166 g/mol. The Morgan fingerprint density at radius 3 is 2.25 bits per heavy atom. The third-order valence-electron chi connectivity index (χ3n) is 2.14. The molecule has 3 nitrogen and oxygen atoms in total. The van der Waals surface area contributed by atoms with Crippen LogP contribution in [0.5, 0.6) is 0 Å². The molecule has 0 radical (unpaired) electrons. The summed E-state index contributed by atoms with van der Waals surface area (Å²) in [5.41, 5.74) is -0.929. The Hall–Kier alpha value is -0.960. The minimum atomic E-state index is -0.929. The van der Waals surface area contributed by atoms with Crippen LogP contribution in [0.3, 0.4) is 0 Å². The highest BCUT2D eigenvalue weighted by Crippen LogP contribution is 2.24. The monoisotopic (exact) mass is 166 g/mol. The van der Waals surface area contributed by atoms with Gasteiger partial charge < -0.3 is 5.11 Å². The van der Waals surface area contributed by atoms with Crippen molar-refractivity contribution in [3.05, 3.63) is 24.3 Å². The first-order valence-electron chi connectivity index (χ1n) is 4.05. The molecule has 1 unspecified atom stereocenters. The van der Waals surface area contributed by atoms with Crippen LogP contribution in [0.15, 0.2) is 18.5 Å². The number of hydrogen-bond donors (Lipinski definition) is 1. The maximum Gasteiger partial charge on any atom is 0.159 e. The van der Waals surface area contributed by atoms with Crippen LogP contribution in [0, 0.1) is 5.92 Å². The van der Waals surface area contributed by atoms with Crippen LogP contribution in [-0.4, -0.2) is 15.1 Å². The number of aromatic nitrogens is 2. The Balaban J connectivity index is 2.98. The lowest BCUT2D eigenvalue weighted by atomic mass is 9.92. The molecule has 0 bridgehead atoms. The van der Waals surface area contributed by atoms with Crippen molar-refractivity contribution in [1.29, 1.82) is 0 Å². The van der Waals surface area contributed by atoms with E-state index >= 15 is 0 Å². The van der Waals surface area contributed by atoms with Crippen molar-refractivity contribution in [3.8, 4) is 0 Å². The van der Waals surface area contributed by atoms with Crippen LogP contribution in [0.1, 0.15) is 26.6 Å². The molecule has 0 spiro atoms. The van der Waals surface area contributed by atoms with Crippen LogP contribution in [0.25, 0.3) is 0 Å². The molecule has 1 atom stereocenters. The van der Waals surface area contributed by atoms with Gasteiger partial charge in [-0.2, -0.15) is 0 Å². The van der Waals surface area contributed by atoms with Gasteiger partial charge in [-0.3, -0.25) is 0 Å². The second kappa shape index (κ2) is 3.19. The van der Waals surface area contributed by atoms with E-state index in [2.05, 4.69) is 9.97 Å². The fraction of sp³-hybridized carbons (Fsp3) is 0.556. The fourth-order valence-corrected chi connectivity index (χ4v) is 0.819. The van der Waals surface area contributed by atoms with Gasteiger partial charge in [0.15, 0.2) is 5.82 Å². The number of nitrogens with zero attached hydrogens (tertiary/aromatic N) is 2. The highest BCUT2D eigenvalue weighted by Gasteiger charge is 2.29. The van der Waals surface area contributed by atoms with Gasteiger partial charge in [-0.25, -0.2) is 9.97 Å². The zero-order chi connectivity index (χ0) is 9.19. The van der Waals surface area contributed by atoms with Crippen LogP contribution in [-0.2, 0) is 5.60 Å². The Bertz CT molecular complexity index is 244. The summed E-state index contributed by atoms with van der Waals surface area (Å²) in [4.78, 5) is 8.02. The van der Waals surface area contributed by atoms with Gasteiger partial charge in [-0.15, -0.1) is 0 Å². The highest BCUT2D eigenvalue weighted by molar-refractivity contribution is 5.00. The molecule has 0 fully saturated rings. The maximum absolute atomic E-state index is 9.94. The second-order valence-electron chi connectivity index (χ2n) is 3.37. The maximum atomic E-state index is 9.94. The summed E-state index contributed by atoms with van der Waals surface area (Å²) in [7, 11) is 0. The molecule has 0 aliphatic carbocycles. The van der Waals surface area contributed by atoms with Gasteiger partial charge in [0.1, 0.15) is 5.60 Å². The Morgan fingerprint density at radius 1 is 1.33 bits per heavy atom. The first kappa shape index (κ1) is 9.13. The molecular weight excluding hydrogens is 152 g/mol. The van der Waals surface area contributed by atoms with E-state index in [1.54, 1.807) is 25.4 Å². The number of hydrogen-bond acceptors (Lipinski definition) is 3. The van der Waals surface area contributed by atoms with E-state index in [1.807, 2.05) is 13.8 Å². The van der Waals surface area contributed by atoms with Crippen molar-refractivity contribution in [2.45, 2.75) is 26.4 Å². The van der Waals surface area contributed by atoms with Crippen LogP contribution >= 0.6 is 0 Å². The van der Waals surface area contributed by atoms with E-state index in [4.69, 9.17) is 0 Å². The van der Waals surface area contributed by atoms with Crippen LogP contribution < -0.4 is 0 Å². The molecule has 0 saturated heterocycles. The number of aliphatic hydroxyl groups is 1. The molecule has 1 rings (SSSR count). The van der Waals surface area contributed by atoms with Gasteiger partial charge >= 0.3 is 0 Å². The SMILES string of the molecule is CC(C)C(C)(O)c1ncccn1. The molecule has 1 N–H and O–H groups in total. The summed E-state index contributed by atoms with van der Waals surface area (Å²) in [6, 6.07) is 1.74. The summed E-state index contributed by atoms with van der Waals surface area (Å²) < 4.78 is 0. The van der Waals surface area contributed by atoms with E-state index < -0.39 is 5.60 Å². The van der Waals surface area contributed by atoms with E-state index in [1.165, 1.54) is 0 Å². The minimum absolute atomic E-state index is 0.111. The molecule has 3 heteroatoms. The zero-order valence-electron chi connectivity index (χ0n) is 7.65. The summed E-state index contributed by atoms with van der Waals surface area (Å²) in [5, 5.41) is 9.94. The summed E-state index contributed by atoms with van der Waals surface area (Å²) >= 11 is 0. The van der Waals surface area contributed by atoms with E-state index in [9.17, 15) is 5.11 Å². The minimum Gasteiger partial charge on any atom is -0.382 e. The fourth-order valence-electron chi connectivity index (χ4n) is 0.819. The van der Waals surface area contributed by atoms with Crippen LogP contribution in [0.4, 0.5) is 0 Å². The van der Waals surface area contributed by atoms with Gasteiger partial charge in [-0.05, 0) is 18.9 Å². The van der Waals surface area contributed by atoms with Crippen molar-refractivity contribution >= 4 is 0 Å². The molecule has 0 aliphatic rings. The van der Waals surface area contributed by atoms with Crippen molar-refractivity contribution in [1.82, 2.24) is 9.97 Å². The first-order valence-corrected chi connectivity index (χ1v) is 4.05. The molecule has 0 amide bonds. The van der Waals surface area contributed by atoms with Crippen molar-refractivity contribution in [3.63, 3.8) is 0 Å².